The van der Waals surface area contributed by atoms with E-state index in [-0.39, 0.29) is 88.8 Å². The number of amides is 8. The number of nitrogens with one attached hydrogen (secondary N) is 7. The lowest BCUT2D eigenvalue weighted by molar-refractivity contribution is -0.146. The third kappa shape index (κ3) is 15.8. The summed E-state index contributed by atoms with van der Waals surface area (Å²) < 4.78 is 0. The molecule has 4 aliphatic rings. The number of nitrogens with two attached hydrogens (primary N) is 2. The summed E-state index contributed by atoms with van der Waals surface area (Å²) in [6.45, 7) is 4.07. The Morgan fingerprint density at radius 3 is 2.06 bits per heavy atom. The van der Waals surface area contributed by atoms with Gasteiger partial charge in [-0.2, -0.15) is 0 Å². The molecule has 3 fully saturated rings. The summed E-state index contributed by atoms with van der Waals surface area (Å²) in [5, 5.41) is 17.5. The van der Waals surface area contributed by atoms with E-state index in [1.54, 1.807) is 53.7 Å². The monoisotopic (exact) mass is 1060 g/mol. The highest BCUT2D eigenvalue weighted by Crippen LogP contribution is 2.27. The Morgan fingerprint density at radius 2 is 1.36 bits per heavy atom. The molecule has 22 heteroatoms. The number of benzene rings is 2. The SMILES string of the molecule is CC(=O)N[C@H]1CCCCC(=O)C[C@@H](C(=O)N2CCC[C@H]2C(=O)N2CCC[C@H]2C)NC(=O)[C@H](Cc2c[nH]c3ccccc23)NC(=O)[C@H](CCCN=C(N)N)NC(=O)[C@@H](Cc2ccccc2)NC(=O)[C@H](CC2=CCC=N2)NC1=O. The molecule has 1 aromatic heterocycles. The minimum Gasteiger partial charge on any atom is -0.370 e. The number of fused-ring (bicyclic) bond motifs is 1. The summed E-state index contributed by atoms with van der Waals surface area (Å²) in [5.41, 5.74) is 13.8. The van der Waals surface area contributed by atoms with Crippen LogP contribution in [0.15, 0.2) is 82.6 Å². The average Bonchev–Trinajstić information content (AvgIpc) is 4.26. The van der Waals surface area contributed by atoms with Gasteiger partial charge in [-0.1, -0.05) is 61.0 Å². The van der Waals surface area contributed by atoms with Crippen molar-refractivity contribution in [2.24, 2.45) is 21.5 Å². The third-order valence-corrected chi connectivity index (χ3v) is 14.6. The van der Waals surface area contributed by atoms with Crippen LogP contribution in [0, 0.1) is 0 Å². The number of aromatic amines is 1. The Morgan fingerprint density at radius 1 is 0.714 bits per heavy atom. The molecule has 3 saturated heterocycles. The van der Waals surface area contributed by atoms with E-state index < -0.39 is 95.8 Å². The number of nitrogens with zero attached hydrogens (tertiary/aromatic N) is 4. The van der Waals surface area contributed by atoms with Crippen LogP contribution in [0.2, 0.25) is 0 Å². The predicted octanol–water partition coefficient (Wildman–Crippen LogP) is 1.22. The Hall–Kier alpha value is -7.91. The maximum Gasteiger partial charge on any atom is 0.246 e. The van der Waals surface area contributed by atoms with E-state index in [9.17, 15) is 38.4 Å². The van der Waals surface area contributed by atoms with Crippen molar-refractivity contribution in [1.82, 2.24) is 46.7 Å². The number of carbonyl (C=O) groups excluding carboxylic acids is 9. The number of H-pyrrole nitrogens is 1. The number of ketones is 1. The summed E-state index contributed by atoms with van der Waals surface area (Å²) in [6.07, 6.45) is 8.22. The molecule has 412 valence electrons. The summed E-state index contributed by atoms with van der Waals surface area (Å²) in [4.78, 5) is 144. The van der Waals surface area contributed by atoms with Crippen LogP contribution >= 0.6 is 0 Å². The van der Waals surface area contributed by atoms with Crippen LogP contribution in [0.1, 0.15) is 108 Å². The molecular formula is C55H73N13O9. The van der Waals surface area contributed by atoms with E-state index in [0.717, 1.165) is 23.7 Å². The van der Waals surface area contributed by atoms with E-state index >= 15 is 4.79 Å². The second-order valence-corrected chi connectivity index (χ2v) is 20.4. The van der Waals surface area contributed by atoms with Crippen LogP contribution in [-0.4, -0.2) is 148 Å². The number of aliphatic imine (C=N–C) groups is 2. The Bertz CT molecular complexity index is 2740. The van der Waals surface area contributed by atoms with Gasteiger partial charge in [0.15, 0.2) is 5.96 Å². The van der Waals surface area contributed by atoms with Gasteiger partial charge in [-0.25, -0.2) is 0 Å². The normalized spacial score (nSPS) is 25.4. The lowest BCUT2D eigenvalue weighted by Crippen LogP contribution is -2.61. The van der Waals surface area contributed by atoms with Crippen LogP contribution in [0.25, 0.3) is 10.9 Å². The van der Waals surface area contributed by atoms with Crippen molar-refractivity contribution in [1.29, 1.82) is 0 Å². The second kappa shape index (κ2) is 27.2. The van der Waals surface area contributed by atoms with Crippen LogP contribution < -0.4 is 43.4 Å². The van der Waals surface area contributed by atoms with E-state index in [0.29, 0.717) is 42.6 Å². The molecule has 0 unspecified atom stereocenters. The zero-order chi connectivity index (χ0) is 55.0. The number of carbonyl (C=O) groups is 9. The molecule has 8 atom stereocenters. The maximum atomic E-state index is 15.0. The van der Waals surface area contributed by atoms with Crippen molar-refractivity contribution >= 4 is 76.1 Å². The summed E-state index contributed by atoms with van der Waals surface area (Å²) in [7, 11) is 0. The summed E-state index contributed by atoms with van der Waals surface area (Å²) in [6, 6.07) is 7.49. The number of likely N-dealkylation sites (tertiary alicyclic amines) is 2. The summed E-state index contributed by atoms with van der Waals surface area (Å²) >= 11 is 0. The zero-order valence-corrected chi connectivity index (χ0v) is 43.9. The van der Waals surface area contributed by atoms with E-state index in [4.69, 9.17) is 11.5 Å². The minimum atomic E-state index is -1.45. The van der Waals surface area contributed by atoms with Crippen LogP contribution in [0.5, 0.6) is 0 Å². The van der Waals surface area contributed by atoms with Crippen LogP contribution in [0.4, 0.5) is 0 Å². The fourth-order valence-electron chi connectivity index (χ4n) is 10.5. The molecular weight excluding hydrogens is 987 g/mol. The first-order valence-electron chi connectivity index (χ1n) is 26.8. The first-order valence-corrected chi connectivity index (χ1v) is 26.8. The number of para-hydroxylation sites is 1. The number of aromatic nitrogens is 1. The highest BCUT2D eigenvalue weighted by molar-refractivity contribution is 5.99. The molecule has 5 heterocycles. The lowest BCUT2D eigenvalue weighted by atomic mass is 9.99. The minimum absolute atomic E-state index is 0.00970. The first-order chi connectivity index (χ1) is 37.0. The highest BCUT2D eigenvalue weighted by Gasteiger charge is 2.43. The number of Topliss-reactive ketones (excluding diaryl/α,β-unsaturated/α-hetero) is 1. The van der Waals surface area contributed by atoms with Gasteiger partial charge in [0.25, 0.3) is 0 Å². The molecule has 11 N–H and O–H groups in total. The Balaban J connectivity index is 1.26. The molecule has 3 aromatic rings. The maximum absolute atomic E-state index is 15.0. The van der Waals surface area contributed by atoms with Gasteiger partial charge in [0.2, 0.25) is 47.3 Å². The standard InChI is InChI=1S/C55H73N13O9/c1-33-14-12-26-67(33)54(77)47-23-13-27-68(47)53(76)46-31-38(70)18-6-8-21-41(61-34(2)69)48(71)65-45(30-37-17-10-24-58-37)52(75)63-43(28-35-15-4-3-5-16-35)50(73)62-42(22-11-25-59-55(56)57)49(72)64-44(51(74)66-46)29-36-32-60-40-20-9-7-19-39(36)40/h3-5,7,9,15-17,19-20,24,32-33,41-47,60H,6,8,10-14,18,21-23,25-31H2,1-2H3,(H,61,69)(H,62,73)(H,63,75)(H,64,72)(H,65,71)(H,66,74)(H4,56,57,59)/t33-,41+,42+,43-,44+,45+,46+,47+/m1/s1. The molecule has 7 rings (SSSR count). The molecule has 8 amide bonds. The lowest BCUT2D eigenvalue weighted by Gasteiger charge is -2.33. The fourth-order valence-corrected chi connectivity index (χ4v) is 10.5. The van der Waals surface area contributed by atoms with Crippen LogP contribution in [-0.2, 0) is 56.0 Å². The Labute approximate surface area is 447 Å². The molecule has 0 aliphatic carbocycles. The Kier molecular flexibility index (Phi) is 20.1. The average molecular weight is 1060 g/mol. The van der Waals surface area contributed by atoms with Crippen molar-refractivity contribution < 1.29 is 43.2 Å². The van der Waals surface area contributed by atoms with Crippen molar-refractivity contribution in [2.45, 2.75) is 158 Å². The van der Waals surface area contributed by atoms with E-state index in [2.05, 4.69) is 46.9 Å². The predicted molar refractivity (Wildman–Crippen MR) is 288 cm³/mol. The van der Waals surface area contributed by atoms with Crippen molar-refractivity contribution in [3.8, 4) is 0 Å². The van der Waals surface area contributed by atoms with Gasteiger partial charge in [-0.3, -0.25) is 53.1 Å². The van der Waals surface area contributed by atoms with Gasteiger partial charge in [0.1, 0.15) is 48.1 Å². The van der Waals surface area contributed by atoms with E-state index in [1.807, 2.05) is 31.2 Å². The van der Waals surface area contributed by atoms with Crippen molar-refractivity contribution in [2.75, 3.05) is 19.6 Å². The van der Waals surface area contributed by atoms with E-state index in [1.165, 1.54) is 11.8 Å². The number of hydrogen-bond acceptors (Lipinski definition) is 11. The van der Waals surface area contributed by atoms with Gasteiger partial charge >= 0.3 is 0 Å². The van der Waals surface area contributed by atoms with Gasteiger partial charge in [-0.05, 0) is 75.5 Å². The largest absolute Gasteiger partial charge is 0.370 e. The van der Waals surface area contributed by atoms with Crippen molar-refractivity contribution in [3.05, 3.63) is 83.7 Å². The van der Waals surface area contributed by atoms with Gasteiger partial charge < -0.3 is 58.2 Å². The van der Waals surface area contributed by atoms with Gasteiger partial charge in [0, 0.05) is 100 Å². The summed E-state index contributed by atoms with van der Waals surface area (Å²) in [5.74, 6) is -5.70. The quantitative estimate of drug-likeness (QED) is 0.0666. The molecule has 0 spiro atoms. The molecule has 2 aromatic carbocycles. The molecule has 4 aliphatic heterocycles. The highest BCUT2D eigenvalue weighted by atomic mass is 16.2. The molecule has 77 heavy (non-hydrogen) atoms. The second-order valence-electron chi connectivity index (χ2n) is 20.4. The topological polar surface area (TPSA) is 325 Å². The number of rotatable bonds is 13. The molecule has 22 nitrogen and oxygen atoms in total. The number of guanidine groups is 1. The fraction of sp³-hybridized carbons (Fsp3) is 0.509. The number of allylic oxidation sites excluding steroid dienone is 1. The first kappa shape index (κ1) is 56.8. The smallest absolute Gasteiger partial charge is 0.246 e. The third-order valence-electron chi connectivity index (χ3n) is 14.6. The van der Waals surface area contributed by atoms with Crippen molar-refractivity contribution in [3.63, 3.8) is 0 Å². The van der Waals surface area contributed by atoms with Gasteiger partial charge in [0.05, 0.1) is 0 Å². The molecule has 0 bridgehead atoms. The van der Waals surface area contributed by atoms with Gasteiger partial charge in [-0.15, -0.1) is 0 Å². The zero-order valence-electron chi connectivity index (χ0n) is 43.9. The number of hydrogen-bond donors (Lipinski definition) is 9. The molecule has 0 saturated carbocycles. The molecule has 0 radical (unpaired) electrons. The van der Waals surface area contributed by atoms with Crippen LogP contribution in [0.3, 0.4) is 0 Å².